The van der Waals surface area contributed by atoms with Gasteiger partial charge in [0.15, 0.2) is 6.29 Å². The van der Waals surface area contributed by atoms with Crippen molar-refractivity contribution in [3.05, 3.63) is 94.4 Å². The Morgan fingerprint density at radius 1 is 0.970 bits per heavy atom. The number of rotatable bonds is 6. The Kier molecular flexibility index (Phi) is 6.19. The molecule has 1 fully saturated rings. The second-order valence-electron chi connectivity index (χ2n) is 8.12. The molecule has 1 aromatic heterocycles. The molecule has 0 aliphatic carbocycles. The predicted octanol–water partition coefficient (Wildman–Crippen LogP) is 4.75. The Labute approximate surface area is 192 Å². The summed E-state index contributed by atoms with van der Waals surface area (Å²) in [6, 6.07) is 21.9. The van der Waals surface area contributed by atoms with Gasteiger partial charge in [-0.1, -0.05) is 42.5 Å². The van der Waals surface area contributed by atoms with Crippen molar-refractivity contribution in [3.8, 4) is 16.9 Å². The fourth-order valence-electron chi connectivity index (χ4n) is 4.07. The first-order chi connectivity index (χ1) is 16.2. The van der Waals surface area contributed by atoms with E-state index in [2.05, 4.69) is 17.2 Å². The van der Waals surface area contributed by atoms with Gasteiger partial charge in [-0.2, -0.15) is 5.10 Å². The fourth-order valence-corrected chi connectivity index (χ4v) is 4.07. The quantitative estimate of drug-likeness (QED) is 0.431. The van der Waals surface area contributed by atoms with E-state index in [-0.39, 0.29) is 11.8 Å². The van der Waals surface area contributed by atoms with E-state index in [1.54, 1.807) is 13.3 Å². The van der Waals surface area contributed by atoms with Crippen LogP contribution in [0.1, 0.15) is 23.8 Å². The van der Waals surface area contributed by atoms with Crippen molar-refractivity contribution >= 4 is 10.8 Å². The van der Waals surface area contributed by atoms with Crippen LogP contribution in [-0.4, -0.2) is 30.1 Å². The summed E-state index contributed by atoms with van der Waals surface area (Å²) in [4.78, 5) is 13.0. The van der Waals surface area contributed by atoms with Crippen molar-refractivity contribution in [1.82, 2.24) is 9.78 Å². The average molecular weight is 443 g/mol. The maximum atomic E-state index is 13.0. The zero-order chi connectivity index (χ0) is 22.6. The van der Waals surface area contributed by atoms with Crippen molar-refractivity contribution in [2.45, 2.75) is 25.7 Å². The van der Waals surface area contributed by atoms with Crippen LogP contribution in [0.5, 0.6) is 5.75 Å². The molecular weight excluding hydrogens is 416 g/mol. The van der Waals surface area contributed by atoms with E-state index >= 15 is 0 Å². The van der Waals surface area contributed by atoms with E-state index in [0.29, 0.717) is 11.9 Å². The first-order valence-corrected chi connectivity index (χ1v) is 11.2. The van der Waals surface area contributed by atoms with Crippen LogP contribution in [0.25, 0.3) is 21.9 Å². The lowest BCUT2D eigenvalue weighted by Gasteiger charge is -2.23. The first-order valence-electron chi connectivity index (χ1n) is 11.2. The Balaban J connectivity index is 1.30. The van der Waals surface area contributed by atoms with Gasteiger partial charge >= 0.3 is 0 Å². The molecule has 3 aromatic carbocycles. The van der Waals surface area contributed by atoms with Crippen molar-refractivity contribution in [2.24, 2.45) is 0 Å². The number of aryl methyl sites for hydroxylation is 2. The van der Waals surface area contributed by atoms with Gasteiger partial charge in [0.25, 0.3) is 5.56 Å². The SMILES string of the molecule is COc1ccc(-c2ccc3c(=O)n(CCc4ccc(C5OCCCO5)cc4)ncc3c2)cc1. The Hall–Kier alpha value is -3.48. The highest BCUT2D eigenvalue weighted by Gasteiger charge is 2.16. The lowest BCUT2D eigenvalue weighted by atomic mass is 10.0. The number of hydrogen-bond acceptors (Lipinski definition) is 5. The molecule has 1 saturated heterocycles. The minimum absolute atomic E-state index is 0.0746. The van der Waals surface area contributed by atoms with Crippen molar-refractivity contribution in [1.29, 1.82) is 0 Å². The number of ether oxygens (including phenoxy) is 3. The topological polar surface area (TPSA) is 62.6 Å². The third kappa shape index (κ3) is 4.67. The second-order valence-corrected chi connectivity index (χ2v) is 8.12. The molecule has 0 amide bonds. The summed E-state index contributed by atoms with van der Waals surface area (Å²) in [5.74, 6) is 0.814. The minimum Gasteiger partial charge on any atom is -0.497 e. The normalized spacial score (nSPS) is 14.5. The molecule has 0 radical (unpaired) electrons. The van der Waals surface area contributed by atoms with Crippen LogP contribution < -0.4 is 10.3 Å². The first kappa shape index (κ1) is 21.4. The molecule has 0 spiro atoms. The summed E-state index contributed by atoms with van der Waals surface area (Å²) in [7, 11) is 1.65. The molecule has 0 unspecified atom stereocenters. The van der Waals surface area contributed by atoms with E-state index in [1.165, 1.54) is 4.68 Å². The van der Waals surface area contributed by atoms with E-state index in [1.807, 2.05) is 54.6 Å². The van der Waals surface area contributed by atoms with Crippen molar-refractivity contribution in [3.63, 3.8) is 0 Å². The van der Waals surface area contributed by atoms with Gasteiger partial charge in [-0.15, -0.1) is 0 Å². The molecule has 1 aliphatic heterocycles. The molecule has 4 aromatic rings. The van der Waals surface area contributed by atoms with Crippen LogP contribution in [0, 0.1) is 0 Å². The molecule has 2 heterocycles. The monoisotopic (exact) mass is 442 g/mol. The molecule has 6 nitrogen and oxygen atoms in total. The summed E-state index contributed by atoms with van der Waals surface area (Å²) in [6.07, 6.45) is 3.14. The number of nitrogens with zero attached hydrogens (tertiary/aromatic N) is 2. The van der Waals surface area contributed by atoms with Crippen molar-refractivity contribution in [2.75, 3.05) is 20.3 Å². The number of benzene rings is 3. The van der Waals surface area contributed by atoms with Gasteiger partial charge in [-0.05, 0) is 53.8 Å². The number of aromatic nitrogens is 2. The van der Waals surface area contributed by atoms with Crippen LogP contribution in [0.4, 0.5) is 0 Å². The van der Waals surface area contributed by atoms with Gasteiger partial charge in [-0.3, -0.25) is 4.79 Å². The predicted molar refractivity (Wildman–Crippen MR) is 127 cm³/mol. The zero-order valence-corrected chi connectivity index (χ0v) is 18.6. The largest absolute Gasteiger partial charge is 0.497 e. The summed E-state index contributed by atoms with van der Waals surface area (Å²) in [6.45, 7) is 1.97. The van der Waals surface area contributed by atoms with Crippen LogP contribution in [0.2, 0.25) is 0 Å². The maximum Gasteiger partial charge on any atom is 0.274 e. The van der Waals surface area contributed by atoms with Crippen LogP contribution in [0.15, 0.2) is 77.7 Å². The Bertz CT molecular complexity index is 1290. The van der Waals surface area contributed by atoms with Crippen LogP contribution in [-0.2, 0) is 22.4 Å². The number of methoxy groups -OCH3 is 1. The molecule has 1 aliphatic rings. The van der Waals surface area contributed by atoms with Gasteiger partial charge in [0.1, 0.15) is 5.75 Å². The molecule has 168 valence electrons. The van der Waals surface area contributed by atoms with Crippen LogP contribution in [0.3, 0.4) is 0 Å². The van der Waals surface area contributed by atoms with Crippen LogP contribution >= 0.6 is 0 Å². The summed E-state index contributed by atoms with van der Waals surface area (Å²) < 4.78 is 18.1. The molecule has 6 heteroatoms. The molecule has 5 rings (SSSR count). The average Bonchev–Trinajstić information content (AvgIpc) is 2.89. The van der Waals surface area contributed by atoms with Gasteiger partial charge in [0.05, 0.1) is 31.9 Å². The van der Waals surface area contributed by atoms with E-state index < -0.39 is 0 Å². The summed E-state index contributed by atoms with van der Waals surface area (Å²) >= 11 is 0. The fraction of sp³-hybridized carbons (Fsp3) is 0.259. The lowest BCUT2D eigenvalue weighted by Crippen LogP contribution is -2.23. The Morgan fingerprint density at radius 3 is 2.42 bits per heavy atom. The summed E-state index contributed by atoms with van der Waals surface area (Å²) in [5, 5.41) is 5.92. The van der Waals surface area contributed by atoms with Gasteiger partial charge in [0, 0.05) is 17.5 Å². The van der Waals surface area contributed by atoms with E-state index in [9.17, 15) is 4.79 Å². The number of fused-ring (bicyclic) bond motifs is 1. The van der Waals surface area contributed by atoms with Gasteiger partial charge < -0.3 is 14.2 Å². The zero-order valence-electron chi connectivity index (χ0n) is 18.6. The molecule has 0 bridgehead atoms. The molecule has 0 atom stereocenters. The standard InChI is InChI=1S/C27H26N2O4/c1-31-24-10-7-20(8-11-24)22-9-12-25-23(17-22)18-28-29(26(25)30)14-13-19-3-5-21(6-4-19)27-32-15-2-16-33-27/h3-12,17-18,27H,2,13-16H2,1H3. The number of hydrogen-bond donors (Lipinski definition) is 0. The second kappa shape index (κ2) is 9.57. The van der Waals surface area contributed by atoms with E-state index in [0.717, 1.165) is 59.4 Å². The van der Waals surface area contributed by atoms with E-state index in [4.69, 9.17) is 14.2 Å². The third-order valence-corrected chi connectivity index (χ3v) is 5.97. The smallest absolute Gasteiger partial charge is 0.274 e. The van der Waals surface area contributed by atoms with Crippen molar-refractivity contribution < 1.29 is 14.2 Å². The molecule has 33 heavy (non-hydrogen) atoms. The highest BCUT2D eigenvalue weighted by Crippen LogP contribution is 2.25. The van der Waals surface area contributed by atoms with Gasteiger partial charge in [-0.25, -0.2) is 4.68 Å². The third-order valence-electron chi connectivity index (χ3n) is 5.97. The van der Waals surface area contributed by atoms with Gasteiger partial charge in [0.2, 0.25) is 0 Å². The molecule has 0 N–H and O–H groups in total. The lowest BCUT2D eigenvalue weighted by molar-refractivity contribution is -0.183. The maximum absolute atomic E-state index is 13.0. The highest BCUT2D eigenvalue weighted by atomic mass is 16.7. The minimum atomic E-state index is -0.277. The molecule has 0 saturated carbocycles. The summed E-state index contributed by atoms with van der Waals surface area (Å²) in [5.41, 5.74) is 4.18. The highest BCUT2D eigenvalue weighted by molar-refractivity contribution is 5.86. The Morgan fingerprint density at radius 2 is 1.70 bits per heavy atom. The molecular formula is C27H26N2O4.